The standard InChI is InChI=1S/C9H11NO5/c11-4-6-2-1-5(3-10-6)7(12)8(13)9(14)15/h1-3,7-8,11-13H,4H2,(H,14,15). The Labute approximate surface area is 85.4 Å². The van der Waals surface area contributed by atoms with Gasteiger partial charge in [-0.05, 0) is 6.07 Å². The van der Waals surface area contributed by atoms with Gasteiger partial charge in [-0.1, -0.05) is 6.07 Å². The summed E-state index contributed by atoms with van der Waals surface area (Å²) in [6.45, 7) is -0.238. The Hall–Kier alpha value is -1.50. The van der Waals surface area contributed by atoms with Crippen molar-refractivity contribution in [1.29, 1.82) is 0 Å². The third-order valence-corrected chi connectivity index (χ3v) is 1.90. The maximum atomic E-state index is 10.4. The first-order valence-corrected chi connectivity index (χ1v) is 4.21. The quantitative estimate of drug-likeness (QED) is 0.513. The van der Waals surface area contributed by atoms with Crippen molar-refractivity contribution in [3.05, 3.63) is 29.6 Å². The van der Waals surface area contributed by atoms with Crippen LogP contribution in [0.25, 0.3) is 0 Å². The van der Waals surface area contributed by atoms with Gasteiger partial charge >= 0.3 is 5.97 Å². The number of aromatic nitrogens is 1. The topological polar surface area (TPSA) is 111 Å². The predicted molar refractivity (Wildman–Crippen MR) is 48.8 cm³/mol. The highest BCUT2D eigenvalue weighted by Gasteiger charge is 2.25. The van der Waals surface area contributed by atoms with E-state index in [1.54, 1.807) is 0 Å². The molecule has 15 heavy (non-hydrogen) atoms. The van der Waals surface area contributed by atoms with Crippen LogP contribution in [0.2, 0.25) is 0 Å². The number of pyridine rings is 1. The summed E-state index contributed by atoms with van der Waals surface area (Å²) >= 11 is 0. The fourth-order valence-electron chi connectivity index (χ4n) is 1.02. The second-order valence-electron chi connectivity index (χ2n) is 2.97. The molecule has 0 saturated heterocycles. The number of hydrogen-bond acceptors (Lipinski definition) is 5. The van der Waals surface area contributed by atoms with Gasteiger partial charge in [0.25, 0.3) is 0 Å². The summed E-state index contributed by atoms with van der Waals surface area (Å²) in [5.41, 5.74) is 0.581. The second-order valence-corrected chi connectivity index (χ2v) is 2.97. The minimum absolute atomic E-state index is 0.183. The van der Waals surface area contributed by atoms with E-state index in [0.29, 0.717) is 5.69 Å². The zero-order valence-electron chi connectivity index (χ0n) is 7.74. The van der Waals surface area contributed by atoms with Crippen LogP contribution in [0.5, 0.6) is 0 Å². The third kappa shape index (κ3) is 2.72. The highest BCUT2D eigenvalue weighted by molar-refractivity contribution is 5.73. The maximum absolute atomic E-state index is 10.4. The zero-order valence-corrected chi connectivity index (χ0v) is 7.74. The molecule has 0 bridgehead atoms. The van der Waals surface area contributed by atoms with E-state index in [1.165, 1.54) is 18.3 Å². The minimum atomic E-state index is -1.88. The van der Waals surface area contributed by atoms with E-state index in [4.69, 9.17) is 15.3 Å². The number of aliphatic hydroxyl groups excluding tert-OH is 3. The molecule has 4 N–H and O–H groups in total. The van der Waals surface area contributed by atoms with Crippen LogP contribution < -0.4 is 0 Å². The fourth-order valence-corrected chi connectivity index (χ4v) is 1.02. The normalized spacial score (nSPS) is 14.6. The molecule has 1 rings (SSSR count). The minimum Gasteiger partial charge on any atom is -0.479 e. The van der Waals surface area contributed by atoms with Gasteiger partial charge in [-0.25, -0.2) is 4.79 Å². The summed E-state index contributed by atoms with van der Waals surface area (Å²) in [5.74, 6) is -1.51. The van der Waals surface area contributed by atoms with Gasteiger partial charge < -0.3 is 20.4 Å². The van der Waals surface area contributed by atoms with Gasteiger partial charge in [-0.2, -0.15) is 0 Å². The first-order chi connectivity index (χ1) is 7.06. The molecule has 0 spiro atoms. The summed E-state index contributed by atoms with van der Waals surface area (Å²) < 4.78 is 0. The summed E-state index contributed by atoms with van der Waals surface area (Å²) in [4.78, 5) is 14.1. The van der Waals surface area contributed by atoms with Crippen molar-refractivity contribution in [3.63, 3.8) is 0 Å². The number of aliphatic hydroxyl groups is 3. The molecular formula is C9H11NO5. The van der Waals surface area contributed by atoms with Crippen molar-refractivity contribution in [3.8, 4) is 0 Å². The Morgan fingerprint density at radius 2 is 2.07 bits per heavy atom. The van der Waals surface area contributed by atoms with Crippen LogP contribution in [0, 0.1) is 0 Å². The number of nitrogens with zero attached hydrogens (tertiary/aromatic N) is 1. The molecule has 2 atom stereocenters. The lowest BCUT2D eigenvalue weighted by molar-refractivity contribution is -0.153. The third-order valence-electron chi connectivity index (χ3n) is 1.90. The van der Waals surface area contributed by atoms with Crippen molar-refractivity contribution in [2.45, 2.75) is 18.8 Å². The molecule has 0 saturated carbocycles. The monoisotopic (exact) mass is 213 g/mol. The number of hydrogen-bond donors (Lipinski definition) is 4. The largest absolute Gasteiger partial charge is 0.479 e. The first-order valence-electron chi connectivity index (χ1n) is 4.21. The number of carboxylic acid groups (broad SMARTS) is 1. The van der Waals surface area contributed by atoms with Crippen molar-refractivity contribution >= 4 is 5.97 Å². The lowest BCUT2D eigenvalue weighted by Crippen LogP contribution is -2.27. The Morgan fingerprint density at radius 3 is 2.47 bits per heavy atom. The van der Waals surface area contributed by atoms with Gasteiger partial charge in [0.05, 0.1) is 12.3 Å². The molecular weight excluding hydrogens is 202 g/mol. The second kappa shape index (κ2) is 4.83. The molecule has 82 valence electrons. The highest BCUT2D eigenvalue weighted by Crippen LogP contribution is 2.16. The summed E-state index contributed by atoms with van der Waals surface area (Å²) in [6, 6.07) is 2.84. The van der Waals surface area contributed by atoms with Crippen LogP contribution in [0.4, 0.5) is 0 Å². The van der Waals surface area contributed by atoms with Crippen LogP contribution in [-0.2, 0) is 11.4 Å². The van der Waals surface area contributed by atoms with Crippen LogP contribution >= 0.6 is 0 Å². The van der Waals surface area contributed by atoms with Gasteiger partial charge in [0.2, 0.25) is 0 Å². The van der Waals surface area contributed by atoms with Gasteiger partial charge in [0.1, 0.15) is 6.10 Å². The summed E-state index contributed by atoms with van der Waals surface area (Å²) in [7, 11) is 0. The number of rotatable bonds is 4. The molecule has 6 heteroatoms. The maximum Gasteiger partial charge on any atom is 0.335 e. The average Bonchev–Trinajstić information content (AvgIpc) is 2.27. The van der Waals surface area contributed by atoms with Crippen LogP contribution in [-0.4, -0.2) is 37.5 Å². The molecule has 0 aliphatic heterocycles. The van der Waals surface area contributed by atoms with E-state index < -0.39 is 18.2 Å². The van der Waals surface area contributed by atoms with Gasteiger partial charge in [0.15, 0.2) is 6.10 Å². The van der Waals surface area contributed by atoms with E-state index in [1.807, 2.05) is 0 Å². The smallest absolute Gasteiger partial charge is 0.335 e. The molecule has 6 nitrogen and oxygen atoms in total. The Bertz CT molecular complexity index is 337. The van der Waals surface area contributed by atoms with E-state index in [-0.39, 0.29) is 12.2 Å². The zero-order chi connectivity index (χ0) is 11.4. The van der Waals surface area contributed by atoms with Crippen molar-refractivity contribution < 1.29 is 25.2 Å². The number of aliphatic carboxylic acids is 1. The predicted octanol–water partition coefficient (Wildman–Crippen LogP) is -0.947. The van der Waals surface area contributed by atoms with Gasteiger partial charge in [0, 0.05) is 11.8 Å². The lowest BCUT2D eigenvalue weighted by Gasteiger charge is -2.13. The van der Waals surface area contributed by atoms with Crippen molar-refractivity contribution in [2.24, 2.45) is 0 Å². The molecule has 0 aromatic carbocycles. The van der Waals surface area contributed by atoms with E-state index in [2.05, 4.69) is 4.98 Å². The highest BCUT2D eigenvalue weighted by atomic mass is 16.4. The van der Waals surface area contributed by atoms with Gasteiger partial charge in [-0.3, -0.25) is 4.98 Å². The average molecular weight is 213 g/mol. The molecule has 0 aliphatic carbocycles. The van der Waals surface area contributed by atoms with Crippen molar-refractivity contribution in [1.82, 2.24) is 4.98 Å². The Morgan fingerprint density at radius 1 is 1.40 bits per heavy atom. The molecule has 0 aliphatic rings. The Balaban J connectivity index is 2.82. The van der Waals surface area contributed by atoms with Gasteiger partial charge in [-0.15, -0.1) is 0 Å². The molecule has 0 radical (unpaired) electrons. The number of carboxylic acids is 1. The SMILES string of the molecule is O=C(O)C(O)C(O)c1ccc(CO)nc1. The van der Waals surface area contributed by atoms with Crippen molar-refractivity contribution in [2.75, 3.05) is 0 Å². The molecule has 2 unspecified atom stereocenters. The molecule has 1 aromatic rings. The van der Waals surface area contributed by atoms with E-state index >= 15 is 0 Å². The molecule has 0 amide bonds. The fraction of sp³-hybridized carbons (Fsp3) is 0.333. The molecule has 1 aromatic heterocycles. The summed E-state index contributed by atoms with van der Waals surface area (Å²) in [6.07, 6.45) is -2.20. The van der Waals surface area contributed by atoms with E-state index in [9.17, 15) is 9.90 Å². The number of carbonyl (C=O) groups is 1. The lowest BCUT2D eigenvalue weighted by atomic mass is 10.1. The van der Waals surface area contributed by atoms with E-state index in [0.717, 1.165) is 0 Å². The molecule has 0 fully saturated rings. The van der Waals surface area contributed by atoms with Crippen LogP contribution in [0.1, 0.15) is 17.4 Å². The molecule has 1 heterocycles. The van der Waals surface area contributed by atoms with Crippen LogP contribution in [0.3, 0.4) is 0 Å². The first kappa shape index (κ1) is 11.6. The van der Waals surface area contributed by atoms with Crippen LogP contribution in [0.15, 0.2) is 18.3 Å². The Kier molecular flexibility index (Phi) is 3.73. The summed E-state index contributed by atoms with van der Waals surface area (Å²) in [5, 5.41) is 35.6.